The van der Waals surface area contributed by atoms with Crippen LogP contribution in [0.1, 0.15) is 18.9 Å². The molecule has 1 unspecified atom stereocenters. The molecule has 0 spiro atoms. The van der Waals surface area contributed by atoms with Crippen LogP contribution in [0.5, 0.6) is 0 Å². The Kier molecular flexibility index (Phi) is 4.11. The zero-order chi connectivity index (χ0) is 15.8. The highest BCUT2D eigenvalue weighted by Crippen LogP contribution is 2.24. The zero-order valence-corrected chi connectivity index (χ0v) is 12.4. The van der Waals surface area contributed by atoms with E-state index in [1.165, 1.54) is 12.1 Å². The summed E-state index contributed by atoms with van der Waals surface area (Å²) in [5.74, 6) is -2.32. The second-order valence-electron chi connectivity index (χ2n) is 4.82. The van der Waals surface area contributed by atoms with Crippen molar-refractivity contribution >= 4 is 21.8 Å². The minimum Gasteiger partial charge on any atom is -0.294 e. The molecule has 1 aromatic carbocycles. The van der Waals surface area contributed by atoms with E-state index < -0.39 is 45.1 Å². The first-order valence-electron chi connectivity index (χ1n) is 6.39. The molecular formula is C13H15FN2O4S. The van der Waals surface area contributed by atoms with Gasteiger partial charge in [0.05, 0.1) is 6.54 Å². The fourth-order valence-electron chi connectivity index (χ4n) is 2.22. The molecule has 6 nitrogen and oxygen atoms in total. The van der Waals surface area contributed by atoms with E-state index in [-0.39, 0.29) is 6.42 Å². The van der Waals surface area contributed by atoms with Crippen molar-refractivity contribution in [2.75, 3.05) is 6.54 Å². The number of hydrogen-bond acceptors (Lipinski definition) is 4. The van der Waals surface area contributed by atoms with E-state index in [0.717, 1.165) is 10.4 Å². The molecule has 1 heterocycles. The lowest BCUT2D eigenvalue weighted by Gasteiger charge is -2.32. The van der Waals surface area contributed by atoms with Gasteiger partial charge in [-0.2, -0.15) is 4.31 Å². The Morgan fingerprint density at radius 1 is 1.38 bits per heavy atom. The maximum Gasteiger partial charge on any atom is 0.247 e. The number of amides is 2. The molecule has 1 aromatic rings. The third kappa shape index (κ3) is 2.81. The van der Waals surface area contributed by atoms with Gasteiger partial charge in [0.1, 0.15) is 16.8 Å². The van der Waals surface area contributed by atoms with E-state index in [2.05, 4.69) is 5.32 Å². The number of aryl methyl sites for hydroxylation is 1. The normalized spacial score (nSPS) is 20.4. The topological polar surface area (TPSA) is 83.6 Å². The summed E-state index contributed by atoms with van der Waals surface area (Å²) < 4.78 is 39.8. The molecule has 0 aromatic heterocycles. The Labute approximate surface area is 122 Å². The van der Waals surface area contributed by atoms with Gasteiger partial charge in [-0.15, -0.1) is 0 Å². The molecule has 1 atom stereocenters. The van der Waals surface area contributed by atoms with Crippen LogP contribution in [-0.4, -0.2) is 37.1 Å². The van der Waals surface area contributed by atoms with E-state index in [9.17, 15) is 22.4 Å². The molecule has 2 amide bonds. The monoisotopic (exact) mass is 314 g/mol. The first-order chi connectivity index (χ1) is 9.77. The fourth-order valence-corrected chi connectivity index (χ4v) is 3.99. The summed E-state index contributed by atoms with van der Waals surface area (Å²) in [7, 11) is -4.27. The van der Waals surface area contributed by atoms with Crippen LogP contribution >= 0.6 is 0 Å². The Balaban J connectivity index is 2.53. The molecule has 0 aliphatic carbocycles. The molecule has 114 valence electrons. The van der Waals surface area contributed by atoms with Crippen molar-refractivity contribution in [1.29, 1.82) is 0 Å². The van der Waals surface area contributed by atoms with E-state index in [0.29, 0.717) is 5.56 Å². The molecule has 1 fully saturated rings. The second kappa shape index (κ2) is 5.53. The molecular weight excluding hydrogens is 299 g/mol. The van der Waals surface area contributed by atoms with Crippen molar-refractivity contribution in [2.45, 2.75) is 31.2 Å². The molecule has 8 heteroatoms. The van der Waals surface area contributed by atoms with Crippen molar-refractivity contribution in [2.24, 2.45) is 0 Å². The lowest BCUT2D eigenvalue weighted by atomic mass is 10.2. The molecule has 1 aliphatic rings. The van der Waals surface area contributed by atoms with Crippen LogP contribution in [0.3, 0.4) is 0 Å². The Hall–Kier alpha value is -1.80. The SMILES string of the molecule is CCC1C(=O)NC(=O)CN1S(=O)(=O)c1cc(C)ccc1F. The first kappa shape index (κ1) is 15.6. The number of rotatable bonds is 3. The van der Waals surface area contributed by atoms with Crippen LogP contribution in [0.4, 0.5) is 4.39 Å². The minimum absolute atomic E-state index is 0.186. The number of sulfonamides is 1. The smallest absolute Gasteiger partial charge is 0.247 e. The number of imide groups is 1. The summed E-state index contributed by atoms with van der Waals surface area (Å²) in [6.45, 7) is 2.75. The van der Waals surface area contributed by atoms with Crippen LogP contribution in [0, 0.1) is 12.7 Å². The van der Waals surface area contributed by atoms with Crippen molar-refractivity contribution in [3.63, 3.8) is 0 Å². The number of nitrogens with one attached hydrogen (secondary N) is 1. The summed E-state index contributed by atoms with van der Waals surface area (Å²) in [6.07, 6.45) is 0.186. The Morgan fingerprint density at radius 3 is 2.67 bits per heavy atom. The molecule has 0 saturated carbocycles. The lowest BCUT2D eigenvalue weighted by molar-refractivity contribution is -0.137. The average molecular weight is 314 g/mol. The Bertz CT molecular complexity index is 702. The van der Waals surface area contributed by atoms with Gasteiger partial charge in [0, 0.05) is 0 Å². The highest BCUT2D eigenvalue weighted by Gasteiger charge is 2.41. The summed E-state index contributed by atoms with van der Waals surface area (Å²) in [5, 5.41) is 2.08. The predicted molar refractivity (Wildman–Crippen MR) is 72.3 cm³/mol. The van der Waals surface area contributed by atoms with E-state index >= 15 is 0 Å². The van der Waals surface area contributed by atoms with Crippen molar-refractivity contribution in [3.8, 4) is 0 Å². The summed E-state index contributed by atoms with van der Waals surface area (Å²) >= 11 is 0. The Morgan fingerprint density at radius 2 is 2.05 bits per heavy atom. The zero-order valence-electron chi connectivity index (χ0n) is 11.6. The number of hydrogen-bond donors (Lipinski definition) is 1. The first-order valence-corrected chi connectivity index (χ1v) is 7.83. The number of carbonyl (C=O) groups excluding carboxylic acids is 2. The highest BCUT2D eigenvalue weighted by atomic mass is 32.2. The van der Waals surface area contributed by atoms with Crippen molar-refractivity contribution in [3.05, 3.63) is 29.6 Å². The van der Waals surface area contributed by atoms with Gasteiger partial charge in [0.15, 0.2) is 0 Å². The predicted octanol–water partition coefficient (Wildman–Crippen LogP) is 0.560. The molecule has 0 bridgehead atoms. The van der Waals surface area contributed by atoms with Gasteiger partial charge in [0.2, 0.25) is 21.8 Å². The molecule has 1 saturated heterocycles. The fraction of sp³-hybridized carbons (Fsp3) is 0.385. The van der Waals surface area contributed by atoms with Gasteiger partial charge in [0.25, 0.3) is 0 Å². The van der Waals surface area contributed by atoms with Crippen LogP contribution in [0.2, 0.25) is 0 Å². The maximum absolute atomic E-state index is 13.9. The van der Waals surface area contributed by atoms with Gasteiger partial charge < -0.3 is 0 Å². The van der Waals surface area contributed by atoms with Gasteiger partial charge in [-0.25, -0.2) is 12.8 Å². The van der Waals surface area contributed by atoms with E-state index in [4.69, 9.17) is 0 Å². The number of carbonyl (C=O) groups is 2. The highest BCUT2D eigenvalue weighted by molar-refractivity contribution is 7.89. The number of piperazine rings is 1. The third-order valence-electron chi connectivity index (χ3n) is 3.27. The summed E-state index contributed by atoms with van der Waals surface area (Å²) in [4.78, 5) is 22.7. The van der Waals surface area contributed by atoms with Gasteiger partial charge >= 0.3 is 0 Å². The molecule has 0 radical (unpaired) electrons. The van der Waals surface area contributed by atoms with E-state index in [1.807, 2.05) is 0 Å². The van der Waals surface area contributed by atoms with Crippen molar-refractivity contribution < 1.29 is 22.4 Å². The van der Waals surface area contributed by atoms with Crippen LogP contribution < -0.4 is 5.32 Å². The molecule has 2 rings (SSSR count). The summed E-state index contributed by atoms with van der Waals surface area (Å²) in [5.41, 5.74) is 0.566. The number of benzene rings is 1. The number of halogens is 1. The maximum atomic E-state index is 13.9. The number of nitrogens with zero attached hydrogens (tertiary/aromatic N) is 1. The third-order valence-corrected chi connectivity index (χ3v) is 5.14. The second-order valence-corrected chi connectivity index (χ2v) is 6.68. The minimum atomic E-state index is -4.27. The standard InChI is InChI=1S/C13H15FN2O4S/c1-3-10-13(18)15-12(17)7-16(10)21(19,20)11-6-8(2)4-5-9(11)14/h4-6,10H,3,7H2,1-2H3,(H,15,17,18). The average Bonchev–Trinajstić information content (AvgIpc) is 2.40. The van der Waals surface area contributed by atoms with Crippen molar-refractivity contribution in [1.82, 2.24) is 9.62 Å². The molecule has 21 heavy (non-hydrogen) atoms. The van der Waals surface area contributed by atoms with Crippen LogP contribution in [0.15, 0.2) is 23.1 Å². The van der Waals surface area contributed by atoms with Gasteiger partial charge in [-0.3, -0.25) is 14.9 Å². The van der Waals surface area contributed by atoms with Gasteiger partial charge in [-0.05, 0) is 31.0 Å². The van der Waals surface area contributed by atoms with Crippen LogP contribution in [0.25, 0.3) is 0 Å². The van der Waals surface area contributed by atoms with Crippen LogP contribution in [-0.2, 0) is 19.6 Å². The van der Waals surface area contributed by atoms with E-state index in [1.54, 1.807) is 13.8 Å². The summed E-state index contributed by atoms with van der Waals surface area (Å²) in [6, 6.07) is 2.66. The van der Waals surface area contributed by atoms with Gasteiger partial charge in [-0.1, -0.05) is 13.0 Å². The quantitative estimate of drug-likeness (QED) is 0.826. The molecule has 1 aliphatic heterocycles. The largest absolute Gasteiger partial charge is 0.294 e. The molecule has 1 N–H and O–H groups in total. The lowest BCUT2D eigenvalue weighted by Crippen LogP contribution is -2.59.